The average molecular weight is 354 g/mol. The molecular weight excluding hydrogens is 324 g/mol. The van der Waals surface area contributed by atoms with Gasteiger partial charge in [-0.25, -0.2) is 0 Å². The predicted octanol–water partition coefficient (Wildman–Crippen LogP) is -1.74. The molecule has 144 valence electrons. The highest BCUT2D eigenvalue weighted by atomic mass is 16.7. The van der Waals surface area contributed by atoms with E-state index >= 15 is 0 Å². The van der Waals surface area contributed by atoms with Crippen LogP contribution in [0.25, 0.3) is 0 Å². The Hall–Kier alpha value is -0.360. The standard InChI is InChI=1S/C15H30O9/c1-2-3-20-4-5-21-6-7-22-8-9-23-15-14(19)13(18)12(17)11(10-16)24-15/h11-19H,2-10H2,1H3/t11-,12-,13+,14+,15+/m1/s1. The van der Waals surface area contributed by atoms with E-state index in [9.17, 15) is 15.3 Å². The molecule has 5 atom stereocenters. The van der Waals surface area contributed by atoms with Crippen LogP contribution in [0, 0.1) is 0 Å². The highest BCUT2D eigenvalue weighted by molar-refractivity contribution is 4.88. The van der Waals surface area contributed by atoms with Crippen molar-refractivity contribution >= 4 is 0 Å². The molecule has 1 heterocycles. The Balaban J connectivity index is 2.02. The van der Waals surface area contributed by atoms with Gasteiger partial charge in [0.15, 0.2) is 6.29 Å². The van der Waals surface area contributed by atoms with Crippen LogP contribution >= 0.6 is 0 Å². The van der Waals surface area contributed by atoms with Crippen LogP contribution in [0.4, 0.5) is 0 Å². The number of rotatable bonds is 13. The second-order valence-electron chi connectivity index (χ2n) is 5.41. The van der Waals surface area contributed by atoms with Crippen molar-refractivity contribution in [2.24, 2.45) is 0 Å². The van der Waals surface area contributed by atoms with E-state index in [-0.39, 0.29) is 13.2 Å². The number of hydrogen-bond acceptors (Lipinski definition) is 9. The molecule has 0 aromatic rings. The van der Waals surface area contributed by atoms with Gasteiger partial charge in [-0.15, -0.1) is 0 Å². The Morgan fingerprint density at radius 1 is 0.750 bits per heavy atom. The molecule has 9 heteroatoms. The van der Waals surface area contributed by atoms with Gasteiger partial charge in [0.05, 0.1) is 46.2 Å². The van der Waals surface area contributed by atoms with E-state index in [0.717, 1.165) is 13.0 Å². The van der Waals surface area contributed by atoms with Gasteiger partial charge in [-0.3, -0.25) is 0 Å². The summed E-state index contributed by atoms with van der Waals surface area (Å²) < 4.78 is 26.3. The molecule has 4 N–H and O–H groups in total. The lowest BCUT2D eigenvalue weighted by atomic mass is 9.99. The van der Waals surface area contributed by atoms with Gasteiger partial charge in [-0.05, 0) is 6.42 Å². The second-order valence-corrected chi connectivity index (χ2v) is 5.41. The molecular formula is C15H30O9. The predicted molar refractivity (Wildman–Crippen MR) is 82.5 cm³/mol. The van der Waals surface area contributed by atoms with Gasteiger partial charge in [-0.1, -0.05) is 6.92 Å². The fourth-order valence-corrected chi connectivity index (χ4v) is 2.11. The minimum absolute atomic E-state index is 0.127. The summed E-state index contributed by atoms with van der Waals surface area (Å²) in [5.74, 6) is 0. The molecule has 0 spiro atoms. The lowest BCUT2D eigenvalue weighted by Crippen LogP contribution is -2.59. The summed E-state index contributed by atoms with van der Waals surface area (Å²) in [4.78, 5) is 0. The van der Waals surface area contributed by atoms with E-state index in [1.165, 1.54) is 0 Å². The average Bonchev–Trinajstić information content (AvgIpc) is 2.59. The van der Waals surface area contributed by atoms with Crippen molar-refractivity contribution in [3.05, 3.63) is 0 Å². The molecule has 0 aromatic carbocycles. The Morgan fingerprint density at radius 3 is 1.83 bits per heavy atom. The molecule has 1 saturated heterocycles. The summed E-state index contributed by atoms with van der Waals surface area (Å²) in [6, 6.07) is 0. The van der Waals surface area contributed by atoms with Gasteiger partial charge in [0.2, 0.25) is 0 Å². The molecule has 24 heavy (non-hydrogen) atoms. The lowest BCUT2D eigenvalue weighted by Gasteiger charge is -2.39. The second kappa shape index (κ2) is 12.9. The molecule has 0 aliphatic carbocycles. The number of aliphatic hydroxyl groups excluding tert-OH is 4. The number of hydrogen-bond donors (Lipinski definition) is 4. The van der Waals surface area contributed by atoms with Crippen molar-refractivity contribution in [2.45, 2.75) is 44.1 Å². The van der Waals surface area contributed by atoms with Crippen molar-refractivity contribution in [3.63, 3.8) is 0 Å². The van der Waals surface area contributed by atoms with Gasteiger partial charge in [0.25, 0.3) is 0 Å². The van der Waals surface area contributed by atoms with Gasteiger partial charge >= 0.3 is 0 Å². The summed E-state index contributed by atoms with van der Waals surface area (Å²) in [5, 5.41) is 38.1. The monoisotopic (exact) mass is 354 g/mol. The van der Waals surface area contributed by atoms with Gasteiger partial charge in [-0.2, -0.15) is 0 Å². The minimum atomic E-state index is -1.44. The molecule has 0 amide bonds. The first kappa shape index (κ1) is 21.7. The highest BCUT2D eigenvalue weighted by Gasteiger charge is 2.43. The van der Waals surface area contributed by atoms with Gasteiger partial charge < -0.3 is 44.1 Å². The molecule has 1 aliphatic rings. The van der Waals surface area contributed by atoms with Crippen molar-refractivity contribution in [3.8, 4) is 0 Å². The quantitative estimate of drug-likeness (QED) is 0.285. The first-order valence-electron chi connectivity index (χ1n) is 8.27. The third kappa shape index (κ3) is 7.68. The summed E-state index contributed by atoms with van der Waals surface area (Å²) in [6.45, 7) is 4.59. The number of ether oxygens (including phenoxy) is 5. The van der Waals surface area contributed by atoms with Crippen LogP contribution in [0.15, 0.2) is 0 Å². The van der Waals surface area contributed by atoms with Crippen molar-refractivity contribution < 1.29 is 44.1 Å². The molecule has 0 saturated carbocycles. The largest absolute Gasteiger partial charge is 0.394 e. The summed E-state index contributed by atoms with van der Waals surface area (Å²) >= 11 is 0. The highest BCUT2D eigenvalue weighted by Crippen LogP contribution is 2.21. The van der Waals surface area contributed by atoms with Gasteiger partial charge in [0.1, 0.15) is 24.4 Å². The molecule has 0 unspecified atom stereocenters. The third-order valence-corrected chi connectivity index (χ3v) is 3.45. The van der Waals surface area contributed by atoms with Crippen LogP contribution < -0.4 is 0 Å². The van der Waals surface area contributed by atoms with Crippen LogP contribution in [-0.2, 0) is 23.7 Å². The fourth-order valence-electron chi connectivity index (χ4n) is 2.11. The first-order valence-corrected chi connectivity index (χ1v) is 8.27. The Bertz CT molecular complexity index is 303. The molecule has 0 radical (unpaired) electrons. The van der Waals surface area contributed by atoms with E-state index in [4.69, 9.17) is 28.8 Å². The maximum absolute atomic E-state index is 9.77. The zero-order valence-electron chi connectivity index (χ0n) is 14.1. The van der Waals surface area contributed by atoms with E-state index in [2.05, 4.69) is 0 Å². The SMILES string of the molecule is CCCOCCOCCOCCO[C@H]1O[C@H](CO)[C@@H](O)[C@H](O)[C@@H]1O. The molecule has 0 aromatic heterocycles. The Labute approximate surface area is 142 Å². The van der Waals surface area contributed by atoms with E-state index in [1.807, 2.05) is 6.92 Å². The normalized spacial score (nSPS) is 30.6. The van der Waals surface area contributed by atoms with Crippen molar-refractivity contribution in [2.75, 3.05) is 52.9 Å². The molecule has 1 rings (SSSR count). The number of aliphatic hydroxyl groups is 4. The smallest absolute Gasteiger partial charge is 0.186 e. The summed E-state index contributed by atoms with van der Waals surface area (Å²) in [7, 11) is 0. The zero-order chi connectivity index (χ0) is 17.8. The lowest BCUT2D eigenvalue weighted by molar-refractivity contribution is -0.302. The fraction of sp³-hybridized carbons (Fsp3) is 1.00. The summed E-state index contributed by atoms with van der Waals surface area (Å²) in [5.41, 5.74) is 0. The van der Waals surface area contributed by atoms with E-state index in [0.29, 0.717) is 26.4 Å². The van der Waals surface area contributed by atoms with Crippen LogP contribution in [0.1, 0.15) is 13.3 Å². The van der Waals surface area contributed by atoms with Gasteiger partial charge in [0, 0.05) is 6.61 Å². The summed E-state index contributed by atoms with van der Waals surface area (Å²) in [6.07, 6.45) is -5.34. The maximum atomic E-state index is 9.77. The maximum Gasteiger partial charge on any atom is 0.186 e. The molecule has 1 fully saturated rings. The van der Waals surface area contributed by atoms with Crippen molar-refractivity contribution in [1.29, 1.82) is 0 Å². The minimum Gasteiger partial charge on any atom is -0.394 e. The topological polar surface area (TPSA) is 127 Å². The Morgan fingerprint density at radius 2 is 1.29 bits per heavy atom. The van der Waals surface area contributed by atoms with Crippen LogP contribution in [0.5, 0.6) is 0 Å². The van der Waals surface area contributed by atoms with E-state index < -0.39 is 37.3 Å². The zero-order valence-corrected chi connectivity index (χ0v) is 14.1. The molecule has 0 bridgehead atoms. The van der Waals surface area contributed by atoms with Crippen LogP contribution in [0.3, 0.4) is 0 Å². The molecule has 9 nitrogen and oxygen atoms in total. The molecule has 1 aliphatic heterocycles. The van der Waals surface area contributed by atoms with Crippen LogP contribution in [0.2, 0.25) is 0 Å². The first-order chi connectivity index (χ1) is 11.6. The Kier molecular flexibility index (Phi) is 11.7. The van der Waals surface area contributed by atoms with E-state index in [1.54, 1.807) is 0 Å². The van der Waals surface area contributed by atoms with Crippen LogP contribution in [-0.4, -0.2) is 104 Å². The van der Waals surface area contributed by atoms with Crippen molar-refractivity contribution in [1.82, 2.24) is 0 Å². The third-order valence-electron chi connectivity index (χ3n) is 3.45.